The summed E-state index contributed by atoms with van der Waals surface area (Å²) in [4.78, 5) is 28.4. The van der Waals surface area contributed by atoms with E-state index >= 15 is 0 Å². The molecule has 0 atom stereocenters. The Hall–Kier alpha value is -2.81. The summed E-state index contributed by atoms with van der Waals surface area (Å²) in [7, 11) is 1.50. The summed E-state index contributed by atoms with van der Waals surface area (Å²) in [5.41, 5.74) is 7.12. The van der Waals surface area contributed by atoms with Crippen LogP contribution in [-0.2, 0) is 4.74 Å². The van der Waals surface area contributed by atoms with Crippen LogP contribution in [0.1, 0.15) is 25.7 Å². The van der Waals surface area contributed by atoms with Crippen molar-refractivity contribution in [2.24, 2.45) is 5.73 Å². The molecule has 0 aliphatic heterocycles. The third kappa shape index (κ3) is 4.60. The molecule has 0 unspecified atom stereocenters. The molecule has 0 aromatic carbocycles. The molecule has 9 heteroatoms. The normalized spacial score (nSPS) is 19.9. The van der Waals surface area contributed by atoms with Crippen molar-refractivity contribution in [2.45, 2.75) is 37.8 Å². The van der Waals surface area contributed by atoms with E-state index in [1.165, 1.54) is 19.5 Å². The summed E-state index contributed by atoms with van der Waals surface area (Å²) in [6, 6.07) is 0.490. The second-order valence-electron chi connectivity index (χ2n) is 5.81. The van der Waals surface area contributed by atoms with Gasteiger partial charge in [0.25, 0.3) is 0 Å². The molecule has 132 valence electrons. The van der Waals surface area contributed by atoms with Crippen molar-refractivity contribution in [3.05, 3.63) is 24.8 Å². The third-order valence-corrected chi connectivity index (χ3v) is 3.98. The van der Waals surface area contributed by atoms with Crippen molar-refractivity contribution in [1.29, 1.82) is 0 Å². The monoisotopic (exact) mass is 344 g/mol. The summed E-state index contributed by atoms with van der Waals surface area (Å²) in [5.74, 6) is 0.315. The molecule has 3 N–H and O–H groups in total. The molecule has 1 aliphatic carbocycles. The number of nitrogens with two attached hydrogens (primary N) is 1. The lowest BCUT2D eigenvalue weighted by molar-refractivity contribution is 0.0826. The van der Waals surface area contributed by atoms with Crippen LogP contribution >= 0.6 is 0 Å². The fourth-order valence-electron chi connectivity index (χ4n) is 2.59. The van der Waals surface area contributed by atoms with Gasteiger partial charge in [0.2, 0.25) is 0 Å². The molecule has 0 saturated heterocycles. The van der Waals surface area contributed by atoms with Gasteiger partial charge in [0.05, 0.1) is 25.2 Å². The highest BCUT2D eigenvalue weighted by Crippen LogP contribution is 2.20. The molecule has 1 amide bonds. The van der Waals surface area contributed by atoms with Crippen LogP contribution in [0.4, 0.5) is 10.6 Å². The summed E-state index contributed by atoms with van der Waals surface area (Å²) < 4.78 is 10.3. The number of rotatable bonds is 4. The van der Waals surface area contributed by atoms with Gasteiger partial charge in [-0.25, -0.2) is 19.7 Å². The van der Waals surface area contributed by atoms with Gasteiger partial charge in [0, 0.05) is 24.0 Å². The molecule has 9 nitrogen and oxygen atoms in total. The molecule has 1 saturated carbocycles. The standard InChI is InChI=1S/C16H20N6O3/c1-24-15-20-6-10(7-21-15)13-8-19-14(9-18-13)22-16(23)25-12-4-2-11(17)3-5-12/h6-9,11-12H,2-5,17H2,1H3,(H,19,22,23). The van der Waals surface area contributed by atoms with Gasteiger partial charge in [-0.3, -0.25) is 10.3 Å². The Labute approximate surface area is 145 Å². The Balaban J connectivity index is 1.55. The van der Waals surface area contributed by atoms with Crippen LogP contribution in [0.15, 0.2) is 24.8 Å². The second-order valence-corrected chi connectivity index (χ2v) is 5.81. The molecular weight excluding hydrogens is 324 g/mol. The molecule has 25 heavy (non-hydrogen) atoms. The molecule has 1 aliphatic rings. The lowest BCUT2D eigenvalue weighted by atomic mass is 9.94. The molecule has 1 fully saturated rings. The predicted octanol–water partition coefficient (Wildman–Crippen LogP) is 1.76. The Morgan fingerprint density at radius 2 is 1.80 bits per heavy atom. The topological polar surface area (TPSA) is 125 Å². The SMILES string of the molecule is COc1ncc(-c2cnc(NC(=O)OC3CCC(N)CC3)cn2)cn1. The maximum Gasteiger partial charge on any atom is 0.413 e. The second kappa shape index (κ2) is 7.84. The van der Waals surface area contributed by atoms with Crippen molar-refractivity contribution in [3.63, 3.8) is 0 Å². The minimum atomic E-state index is -0.532. The predicted molar refractivity (Wildman–Crippen MR) is 89.9 cm³/mol. The minimum Gasteiger partial charge on any atom is -0.467 e. The van der Waals surface area contributed by atoms with Gasteiger partial charge < -0.3 is 15.2 Å². The van der Waals surface area contributed by atoms with E-state index in [9.17, 15) is 4.79 Å². The molecule has 3 rings (SSSR count). The maximum atomic E-state index is 11.9. The number of nitrogens with one attached hydrogen (secondary N) is 1. The van der Waals surface area contributed by atoms with Crippen molar-refractivity contribution >= 4 is 11.9 Å². The Bertz CT molecular complexity index is 699. The molecule has 0 radical (unpaired) electrons. The average Bonchev–Trinajstić information content (AvgIpc) is 2.64. The van der Waals surface area contributed by atoms with Crippen molar-refractivity contribution < 1.29 is 14.3 Å². The first-order valence-electron chi connectivity index (χ1n) is 8.05. The first kappa shape index (κ1) is 17.0. The van der Waals surface area contributed by atoms with Crippen LogP contribution in [0.2, 0.25) is 0 Å². The number of carbonyl (C=O) groups is 1. The van der Waals surface area contributed by atoms with E-state index in [0.717, 1.165) is 25.7 Å². The van der Waals surface area contributed by atoms with Gasteiger partial charge in [-0.15, -0.1) is 0 Å². The number of nitrogens with zero attached hydrogens (tertiary/aromatic N) is 4. The summed E-state index contributed by atoms with van der Waals surface area (Å²) in [6.45, 7) is 0. The van der Waals surface area contributed by atoms with Crippen LogP contribution < -0.4 is 15.8 Å². The lowest BCUT2D eigenvalue weighted by Crippen LogP contribution is -2.32. The smallest absolute Gasteiger partial charge is 0.413 e. The van der Waals surface area contributed by atoms with E-state index in [4.69, 9.17) is 15.2 Å². The summed E-state index contributed by atoms with van der Waals surface area (Å²) >= 11 is 0. The molecule has 0 bridgehead atoms. The average molecular weight is 344 g/mol. The number of anilines is 1. The van der Waals surface area contributed by atoms with Gasteiger partial charge in [-0.2, -0.15) is 0 Å². The Morgan fingerprint density at radius 3 is 2.40 bits per heavy atom. The minimum absolute atomic E-state index is 0.0940. The summed E-state index contributed by atoms with van der Waals surface area (Å²) in [6.07, 6.45) is 8.85. The lowest BCUT2D eigenvalue weighted by Gasteiger charge is -2.25. The molecular formula is C16H20N6O3. The fraction of sp³-hybridized carbons (Fsp3) is 0.438. The Kier molecular flexibility index (Phi) is 5.34. The number of carbonyl (C=O) groups excluding carboxylic acids is 1. The largest absolute Gasteiger partial charge is 0.467 e. The van der Waals surface area contributed by atoms with E-state index in [-0.39, 0.29) is 18.2 Å². The Morgan fingerprint density at radius 1 is 1.08 bits per heavy atom. The van der Waals surface area contributed by atoms with Crippen LogP contribution in [-0.4, -0.2) is 45.3 Å². The highest BCUT2D eigenvalue weighted by Gasteiger charge is 2.21. The van der Waals surface area contributed by atoms with Crippen molar-refractivity contribution in [2.75, 3.05) is 12.4 Å². The van der Waals surface area contributed by atoms with E-state index in [1.807, 2.05) is 0 Å². The van der Waals surface area contributed by atoms with Gasteiger partial charge >= 0.3 is 12.1 Å². The van der Waals surface area contributed by atoms with Gasteiger partial charge in [0.15, 0.2) is 5.82 Å². The van der Waals surface area contributed by atoms with Crippen LogP contribution in [0.3, 0.4) is 0 Å². The third-order valence-electron chi connectivity index (χ3n) is 3.98. The van der Waals surface area contributed by atoms with E-state index in [2.05, 4.69) is 25.3 Å². The first-order chi connectivity index (χ1) is 12.1. The van der Waals surface area contributed by atoms with Gasteiger partial charge in [0.1, 0.15) is 6.10 Å². The molecule has 0 spiro atoms. The molecule has 2 aromatic rings. The first-order valence-corrected chi connectivity index (χ1v) is 8.05. The zero-order valence-corrected chi connectivity index (χ0v) is 13.9. The fourth-order valence-corrected chi connectivity index (χ4v) is 2.59. The van der Waals surface area contributed by atoms with Crippen LogP contribution in [0.5, 0.6) is 6.01 Å². The number of amides is 1. The molecule has 2 aromatic heterocycles. The zero-order chi connectivity index (χ0) is 17.6. The number of hydrogen-bond acceptors (Lipinski definition) is 8. The highest BCUT2D eigenvalue weighted by molar-refractivity contribution is 5.83. The van der Waals surface area contributed by atoms with Crippen LogP contribution in [0, 0.1) is 0 Å². The molecule has 2 heterocycles. The van der Waals surface area contributed by atoms with E-state index < -0.39 is 6.09 Å². The number of ether oxygens (including phenoxy) is 2. The van der Waals surface area contributed by atoms with E-state index in [1.54, 1.807) is 12.4 Å². The number of hydrogen-bond donors (Lipinski definition) is 2. The maximum absolute atomic E-state index is 11.9. The van der Waals surface area contributed by atoms with Crippen molar-refractivity contribution in [1.82, 2.24) is 19.9 Å². The van der Waals surface area contributed by atoms with E-state index in [0.29, 0.717) is 17.1 Å². The summed E-state index contributed by atoms with van der Waals surface area (Å²) in [5, 5.41) is 2.58. The highest BCUT2D eigenvalue weighted by atomic mass is 16.6. The number of methoxy groups -OCH3 is 1. The zero-order valence-electron chi connectivity index (χ0n) is 13.9. The number of aromatic nitrogens is 4. The van der Waals surface area contributed by atoms with Gasteiger partial charge in [-0.05, 0) is 25.7 Å². The van der Waals surface area contributed by atoms with Gasteiger partial charge in [-0.1, -0.05) is 0 Å². The quantitative estimate of drug-likeness (QED) is 0.859. The van der Waals surface area contributed by atoms with Crippen LogP contribution in [0.25, 0.3) is 11.3 Å². The van der Waals surface area contributed by atoms with Crippen molar-refractivity contribution in [3.8, 4) is 17.3 Å².